The van der Waals surface area contributed by atoms with Crippen molar-refractivity contribution < 1.29 is 0 Å². The molecule has 4 aromatic rings. The minimum atomic E-state index is -0.0230. The number of para-hydroxylation sites is 1. The summed E-state index contributed by atoms with van der Waals surface area (Å²) < 4.78 is 1.93. The van der Waals surface area contributed by atoms with Gasteiger partial charge in [-0.3, -0.25) is 4.90 Å². The van der Waals surface area contributed by atoms with E-state index in [4.69, 9.17) is 11.6 Å². The topological polar surface area (TPSA) is 50.1 Å². The fourth-order valence-electron chi connectivity index (χ4n) is 4.12. The molecule has 0 radical (unpaired) electrons. The van der Waals surface area contributed by atoms with Crippen LogP contribution < -0.4 is 4.90 Å². The Hall–Kier alpha value is -2.74. The Kier molecular flexibility index (Phi) is 5.97. The van der Waals surface area contributed by atoms with Gasteiger partial charge in [0.15, 0.2) is 5.82 Å². The molecular weight excluding hydrogens is 428 g/mol. The summed E-state index contributed by atoms with van der Waals surface area (Å²) in [7, 11) is 0. The van der Waals surface area contributed by atoms with Crippen molar-refractivity contribution in [2.24, 2.45) is 0 Å². The highest BCUT2D eigenvalue weighted by Crippen LogP contribution is 2.30. The molecular formula is C23H23ClN6S. The van der Waals surface area contributed by atoms with Crippen molar-refractivity contribution in [2.45, 2.75) is 12.6 Å². The van der Waals surface area contributed by atoms with E-state index in [9.17, 15) is 0 Å². The molecule has 158 valence electrons. The van der Waals surface area contributed by atoms with Gasteiger partial charge in [-0.15, -0.1) is 16.4 Å². The Labute approximate surface area is 190 Å². The predicted octanol–water partition coefficient (Wildman–Crippen LogP) is 4.35. The quantitative estimate of drug-likeness (QED) is 0.437. The lowest BCUT2D eigenvalue weighted by Crippen LogP contribution is -2.48. The molecule has 8 heteroatoms. The molecule has 0 N–H and O–H groups in total. The lowest BCUT2D eigenvalue weighted by molar-refractivity contribution is 0.201. The number of thiophene rings is 1. The minimum absolute atomic E-state index is 0.0230. The van der Waals surface area contributed by atoms with Gasteiger partial charge in [0.1, 0.15) is 0 Å². The molecule has 0 spiro atoms. The van der Waals surface area contributed by atoms with E-state index >= 15 is 0 Å². The molecule has 1 unspecified atom stereocenters. The number of hydrogen-bond acceptors (Lipinski definition) is 6. The number of piperazine rings is 1. The van der Waals surface area contributed by atoms with Crippen molar-refractivity contribution in [3.05, 3.63) is 93.4 Å². The number of rotatable bonds is 6. The Morgan fingerprint density at radius 2 is 1.68 bits per heavy atom. The first-order valence-electron chi connectivity index (χ1n) is 10.4. The number of hydrogen-bond donors (Lipinski definition) is 0. The van der Waals surface area contributed by atoms with Gasteiger partial charge >= 0.3 is 0 Å². The summed E-state index contributed by atoms with van der Waals surface area (Å²) in [5, 5.41) is 15.6. The van der Waals surface area contributed by atoms with Gasteiger partial charge in [0.2, 0.25) is 0 Å². The molecule has 31 heavy (non-hydrogen) atoms. The summed E-state index contributed by atoms with van der Waals surface area (Å²) in [4.78, 5) is 6.14. The van der Waals surface area contributed by atoms with Crippen LogP contribution in [0.15, 0.2) is 72.1 Å². The van der Waals surface area contributed by atoms with E-state index in [1.54, 1.807) is 11.3 Å². The van der Waals surface area contributed by atoms with E-state index < -0.39 is 0 Å². The van der Waals surface area contributed by atoms with Crippen LogP contribution in [0.1, 0.15) is 22.3 Å². The van der Waals surface area contributed by atoms with Gasteiger partial charge < -0.3 is 4.90 Å². The molecule has 5 rings (SSSR count). The molecule has 6 nitrogen and oxygen atoms in total. The molecule has 3 heterocycles. The summed E-state index contributed by atoms with van der Waals surface area (Å²) in [5.74, 6) is 0.865. The maximum Gasteiger partial charge on any atom is 0.173 e. The van der Waals surface area contributed by atoms with Crippen LogP contribution in [0.4, 0.5) is 5.69 Å². The Balaban J connectivity index is 1.43. The molecule has 1 fully saturated rings. The van der Waals surface area contributed by atoms with E-state index in [-0.39, 0.29) is 6.04 Å². The largest absolute Gasteiger partial charge is 0.369 e. The third kappa shape index (κ3) is 4.49. The molecule has 1 aliphatic rings. The summed E-state index contributed by atoms with van der Waals surface area (Å²) in [6.45, 7) is 4.44. The van der Waals surface area contributed by atoms with Crippen LogP contribution in [0.2, 0.25) is 5.02 Å². The Morgan fingerprint density at radius 3 is 2.39 bits per heavy atom. The first-order chi connectivity index (χ1) is 15.3. The van der Waals surface area contributed by atoms with Crippen molar-refractivity contribution >= 4 is 28.6 Å². The predicted molar refractivity (Wildman–Crippen MR) is 125 cm³/mol. The number of halogens is 1. The van der Waals surface area contributed by atoms with Crippen LogP contribution in [0.5, 0.6) is 0 Å². The number of nitrogens with zero attached hydrogens (tertiary/aromatic N) is 6. The zero-order valence-corrected chi connectivity index (χ0v) is 18.6. The molecule has 2 aromatic carbocycles. The highest BCUT2D eigenvalue weighted by Gasteiger charge is 2.30. The van der Waals surface area contributed by atoms with Gasteiger partial charge in [0.05, 0.1) is 12.6 Å². The average Bonchev–Trinajstić information content (AvgIpc) is 3.49. The van der Waals surface area contributed by atoms with Gasteiger partial charge in [-0.05, 0) is 51.7 Å². The molecule has 0 bridgehead atoms. The zero-order chi connectivity index (χ0) is 21.0. The van der Waals surface area contributed by atoms with E-state index in [0.717, 1.165) is 42.6 Å². The van der Waals surface area contributed by atoms with Crippen LogP contribution in [0, 0.1) is 0 Å². The van der Waals surface area contributed by atoms with Gasteiger partial charge in [-0.2, -0.15) is 0 Å². The smallest absolute Gasteiger partial charge is 0.173 e. The van der Waals surface area contributed by atoms with Gasteiger partial charge in [-0.1, -0.05) is 48.0 Å². The van der Waals surface area contributed by atoms with Crippen molar-refractivity contribution in [3.63, 3.8) is 0 Å². The molecule has 1 atom stereocenters. The molecule has 0 amide bonds. The standard InChI is InChI=1S/C23H23ClN6S/c24-19-10-8-18(9-11-19)22(23-25-26-27-30(23)17-21-7-4-16-31-21)29-14-12-28(13-15-29)20-5-2-1-3-6-20/h1-11,16,22H,12-15,17H2. The van der Waals surface area contributed by atoms with Gasteiger partial charge in [0.25, 0.3) is 0 Å². The van der Waals surface area contributed by atoms with Crippen LogP contribution in [0.3, 0.4) is 0 Å². The summed E-state index contributed by atoms with van der Waals surface area (Å²) >= 11 is 7.89. The molecule has 1 aliphatic heterocycles. The number of anilines is 1. The van der Waals surface area contributed by atoms with E-state index in [1.165, 1.54) is 10.6 Å². The zero-order valence-electron chi connectivity index (χ0n) is 17.0. The van der Waals surface area contributed by atoms with Gasteiger partial charge in [0, 0.05) is 41.8 Å². The maximum absolute atomic E-state index is 6.18. The highest BCUT2D eigenvalue weighted by molar-refractivity contribution is 7.09. The second kappa shape index (κ2) is 9.18. The highest BCUT2D eigenvalue weighted by atomic mass is 35.5. The maximum atomic E-state index is 6.18. The lowest BCUT2D eigenvalue weighted by Gasteiger charge is -2.39. The van der Waals surface area contributed by atoms with Crippen molar-refractivity contribution in [2.75, 3.05) is 31.1 Å². The molecule has 0 saturated carbocycles. The number of benzene rings is 2. The van der Waals surface area contributed by atoms with Crippen LogP contribution >= 0.6 is 22.9 Å². The van der Waals surface area contributed by atoms with Crippen molar-refractivity contribution in [1.82, 2.24) is 25.1 Å². The third-order valence-corrected chi connectivity index (χ3v) is 6.79. The normalized spacial score (nSPS) is 15.8. The fraction of sp³-hybridized carbons (Fsp3) is 0.261. The van der Waals surface area contributed by atoms with Gasteiger partial charge in [-0.25, -0.2) is 4.68 Å². The lowest BCUT2D eigenvalue weighted by atomic mass is 10.0. The van der Waals surface area contributed by atoms with Crippen molar-refractivity contribution in [1.29, 1.82) is 0 Å². The second-order valence-electron chi connectivity index (χ2n) is 7.59. The van der Waals surface area contributed by atoms with E-state index in [1.807, 2.05) is 16.8 Å². The monoisotopic (exact) mass is 450 g/mol. The molecule has 2 aromatic heterocycles. The number of tetrazole rings is 1. The van der Waals surface area contributed by atoms with Crippen LogP contribution in [-0.2, 0) is 6.54 Å². The van der Waals surface area contributed by atoms with Crippen LogP contribution in [0.25, 0.3) is 0 Å². The molecule has 1 saturated heterocycles. The first kappa shape index (κ1) is 20.2. The minimum Gasteiger partial charge on any atom is -0.369 e. The Bertz CT molecular complexity index is 1090. The fourth-order valence-corrected chi connectivity index (χ4v) is 4.93. The Morgan fingerprint density at radius 1 is 0.903 bits per heavy atom. The SMILES string of the molecule is Clc1ccc(C(c2nnnn2Cc2cccs2)N2CCN(c3ccccc3)CC2)cc1. The van der Waals surface area contributed by atoms with Crippen molar-refractivity contribution in [3.8, 4) is 0 Å². The summed E-state index contributed by atoms with van der Waals surface area (Å²) in [5.41, 5.74) is 2.42. The van der Waals surface area contributed by atoms with E-state index in [2.05, 4.69) is 85.3 Å². The summed E-state index contributed by atoms with van der Waals surface area (Å²) in [6, 6.07) is 22.8. The van der Waals surface area contributed by atoms with Crippen LogP contribution in [-0.4, -0.2) is 51.3 Å². The first-order valence-corrected chi connectivity index (χ1v) is 11.6. The molecule has 0 aliphatic carbocycles. The average molecular weight is 451 g/mol. The third-order valence-electron chi connectivity index (χ3n) is 5.68. The number of aromatic nitrogens is 4. The van der Waals surface area contributed by atoms with E-state index in [0.29, 0.717) is 6.54 Å². The second-order valence-corrected chi connectivity index (χ2v) is 9.06. The summed E-state index contributed by atoms with van der Waals surface area (Å²) in [6.07, 6.45) is 0.